The zero-order chi connectivity index (χ0) is 18.1. The lowest BCUT2D eigenvalue weighted by Gasteiger charge is -2.06. The van der Waals surface area contributed by atoms with Gasteiger partial charge in [-0.05, 0) is 43.0 Å². The van der Waals surface area contributed by atoms with Crippen LogP contribution in [-0.2, 0) is 11.2 Å². The highest BCUT2D eigenvalue weighted by molar-refractivity contribution is 6.15. The molecule has 0 saturated carbocycles. The minimum absolute atomic E-state index is 0.281. The summed E-state index contributed by atoms with van der Waals surface area (Å²) in [6, 6.07) is 11.7. The number of carboxylic acids is 1. The van der Waals surface area contributed by atoms with Crippen LogP contribution in [0.5, 0.6) is 0 Å². The topological polar surface area (TPSA) is 50.2 Å². The Hall–Kier alpha value is -2.68. The number of carbonyl (C=O) groups is 1. The maximum atomic E-state index is 11.4. The normalized spacial score (nSPS) is 11.8. The number of benzene rings is 1. The summed E-state index contributed by atoms with van der Waals surface area (Å²) in [5, 5.41) is 9.34. The van der Waals surface area contributed by atoms with E-state index in [-0.39, 0.29) is 5.57 Å². The molecule has 1 N–H and O–H groups in total. The van der Waals surface area contributed by atoms with E-state index in [0.717, 1.165) is 17.7 Å². The van der Waals surface area contributed by atoms with Crippen molar-refractivity contribution in [3.8, 4) is 11.3 Å². The number of nitrogens with zero attached hydrogens (tertiary/aromatic N) is 1. The molecule has 0 bridgehead atoms. The molecule has 0 atom stereocenters. The molecule has 3 nitrogen and oxygen atoms in total. The van der Waals surface area contributed by atoms with Gasteiger partial charge in [-0.1, -0.05) is 62.2 Å². The third-order valence-electron chi connectivity index (χ3n) is 4.07. The van der Waals surface area contributed by atoms with Crippen LogP contribution >= 0.6 is 0 Å². The van der Waals surface area contributed by atoms with Gasteiger partial charge in [0.25, 0.3) is 0 Å². The molecule has 0 amide bonds. The lowest BCUT2D eigenvalue weighted by Crippen LogP contribution is -1.99. The first-order valence-electron chi connectivity index (χ1n) is 8.77. The highest BCUT2D eigenvalue weighted by Gasteiger charge is 2.09. The smallest absolute Gasteiger partial charge is 0.336 e. The molecule has 0 aliphatic carbocycles. The Kier molecular flexibility index (Phi) is 7.15. The Morgan fingerprint density at radius 3 is 2.44 bits per heavy atom. The molecule has 1 heterocycles. The van der Waals surface area contributed by atoms with Crippen LogP contribution in [0.3, 0.4) is 0 Å². The molecule has 1 aromatic carbocycles. The number of unbranched alkanes of at least 4 members (excludes halogenated alkanes) is 2. The highest BCUT2D eigenvalue weighted by Crippen LogP contribution is 2.22. The maximum absolute atomic E-state index is 11.4. The number of hydrogen-bond acceptors (Lipinski definition) is 2. The van der Waals surface area contributed by atoms with E-state index in [9.17, 15) is 9.90 Å². The van der Waals surface area contributed by atoms with Crippen molar-refractivity contribution in [3.05, 3.63) is 72.0 Å². The molecule has 0 fully saturated rings. The molecule has 3 heteroatoms. The molecule has 25 heavy (non-hydrogen) atoms. The van der Waals surface area contributed by atoms with Crippen LogP contribution in [0.1, 0.15) is 44.2 Å². The minimum Gasteiger partial charge on any atom is -0.478 e. The molecule has 0 unspecified atom stereocenters. The fourth-order valence-electron chi connectivity index (χ4n) is 2.63. The van der Waals surface area contributed by atoms with Crippen molar-refractivity contribution in [2.24, 2.45) is 0 Å². The molecule has 130 valence electrons. The van der Waals surface area contributed by atoms with Gasteiger partial charge in [0, 0.05) is 11.8 Å². The molecule has 0 aliphatic rings. The average Bonchev–Trinajstić information content (AvgIpc) is 2.63. The fourth-order valence-corrected chi connectivity index (χ4v) is 2.63. The van der Waals surface area contributed by atoms with E-state index in [0.29, 0.717) is 5.56 Å². The van der Waals surface area contributed by atoms with Crippen LogP contribution in [0.15, 0.2) is 60.8 Å². The summed E-state index contributed by atoms with van der Waals surface area (Å²) in [7, 11) is 0. The third-order valence-corrected chi connectivity index (χ3v) is 4.07. The van der Waals surface area contributed by atoms with Crippen molar-refractivity contribution in [1.29, 1.82) is 0 Å². The van der Waals surface area contributed by atoms with Gasteiger partial charge in [0.05, 0.1) is 11.3 Å². The van der Waals surface area contributed by atoms with Gasteiger partial charge < -0.3 is 5.11 Å². The van der Waals surface area contributed by atoms with E-state index in [4.69, 9.17) is 0 Å². The summed E-state index contributed by atoms with van der Waals surface area (Å²) in [5.41, 5.74) is 4.12. The van der Waals surface area contributed by atoms with Crippen LogP contribution < -0.4 is 0 Å². The van der Waals surface area contributed by atoms with Crippen molar-refractivity contribution < 1.29 is 9.90 Å². The maximum Gasteiger partial charge on any atom is 0.336 e. The van der Waals surface area contributed by atoms with E-state index in [1.165, 1.54) is 24.8 Å². The van der Waals surface area contributed by atoms with E-state index in [1.807, 2.05) is 49.5 Å². The van der Waals surface area contributed by atoms with E-state index < -0.39 is 5.97 Å². The Morgan fingerprint density at radius 1 is 1.12 bits per heavy atom. The number of aryl methyl sites for hydroxylation is 1. The third kappa shape index (κ3) is 5.42. The first-order chi connectivity index (χ1) is 12.2. The Morgan fingerprint density at radius 2 is 1.88 bits per heavy atom. The Balaban J connectivity index is 2.15. The largest absolute Gasteiger partial charge is 0.478 e. The molecule has 2 aromatic rings. The number of aliphatic carboxylic acids is 1. The summed E-state index contributed by atoms with van der Waals surface area (Å²) >= 11 is 0. The summed E-state index contributed by atoms with van der Waals surface area (Å²) in [5.74, 6) is -0.930. The second-order valence-electron chi connectivity index (χ2n) is 6.00. The Labute approximate surface area is 149 Å². The van der Waals surface area contributed by atoms with Gasteiger partial charge in [0.15, 0.2) is 0 Å². The average molecular weight is 335 g/mol. The summed E-state index contributed by atoms with van der Waals surface area (Å²) in [6.45, 7) is 4.06. The molecule has 0 aliphatic heterocycles. The zero-order valence-electron chi connectivity index (χ0n) is 14.9. The number of carboxylic acid groups (broad SMARTS) is 1. The second kappa shape index (κ2) is 9.58. The van der Waals surface area contributed by atoms with Crippen LogP contribution in [0.4, 0.5) is 0 Å². The van der Waals surface area contributed by atoms with E-state index >= 15 is 0 Å². The quantitative estimate of drug-likeness (QED) is 0.392. The Bertz CT molecular complexity index is 741. The van der Waals surface area contributed by atoms with Crippen LogP contribution in [0.2, 0.25) is 0 Å². The number of allylic oxidation sites excluding steroid dienone is 3. The first-order valence-corrected chi connectivity index (χ1v) is 8.77. The molecule has 0 saturated heterocycles. The first kappa shape index (κ1) is 18.7. The van der Waals surface area contributed by atoms with Gasteiger partial charge >= 0.3 is 5.97 Å². The lowest BCUT2D eigenvalue weighted by atomic mass is 10.0. The van der Waals surface area contributed by atoms with Crippen molar-refractivity contribution in [2.45, 2.75) is 39.5 Å². The highest BCUT2D eigenvalue weighted by atomic mass is 16.4. The van der Waals surface area contributed by atoms with Crippen LogP contribution in [-0.4, -0.2) is 16.1 Å². The van der Waals surface area contributed by atoms with Gasteiger partial charge in [-0.25, -0.2) is 4.79 Å². The van der Waals surface area contributed by atoms with Gasteiger partial charge in [0.1, 0.15) is 0 Å². The number of aromatic nitrogens is 1. The predicted octanol–water partition coefficient (Wildman–Crippen LogP) is 5.53. The predicted molar refractivity (Wildman–Crippen MR) is 103 cm³/mol. The molecule has 0 radical (unpaired) electrons. The molecular formula is C22H25NO2. The van der Waals surface area contributed by atoms with Crippen molar-refractivity contribution >= 4 is 11.5 Å². The van der Waals surface area contributed by atoms with Crippen molar-refractivity contribution in [2.75, 3.05) is 0 Å². The number of hydrogen-bond donors (Lipinski definition) is 1. The summed E-state index contributed by atoms with van der Waals surface area (Å²) in [4.78, 5) is 15.9. The van der Waals surface area contributed by atoms with Gasteiger partial charge in [-0.2, -0.15) is 0 Å². The van der Waals surface area contributed by atoms with Crippen molar-refractivity contribution in [1.82, 2.24) is 4.98 Å². The molecule has 1 aromatic heterocycles. The van der Waals surface area contributed by atoms with E-state index in [2.05, 4.69) is 18.0 Å². The molecule has 0 spiro atoms. The van der Waals surface area contributed by atoms with Gasteiger partial charge in [0.2, 0.25) is 0 Å². The molecular weight excluding hydrogens is 310 g/mol. The fraction of sp³-hybridized carbons (Fsp3) is 0.273. The second-order valence-corrected chi connectivity index (χ2v) is 6.00. The summed E-state index contributed by atoms with van der Waals surface area (Å²) in [6.07, 6.45) is 11.8. The summed E-state index contributed by atoms with van der Waals surface area (Å²) < 4.78 is 0. The number of pyridine rings is 1. The standard InChI is InChI=1S/C22H25NO2/c1-3-5-7-8-17-10-15-21(23-16-17)19-13-11-18(12-14-19)20(22(24)25)9-6-4-2/h4,6,9-16H,3,5,7-8H2,1-2H3,(H,24,25)/b6-4+,20-9+. The van der Waals surface area contributed by atoms with E-state index in [1.54, 1.807) is 12.2 Å². The lowest BCUT2D eigenvalue weighted by molar-refractivity contribution is -0.130. The number of rotatable bonds is 8. The van der Waals surface area contributed by atoms with Crippen LogP contribution in [0, 0.1) is 0 Å². The zero-order valence-corrected chi connectivity index (χ0v) is 14.9. The van der Waals surface area contributed by atoms with Gasteiger partial charge in [-0.15, -0.1) is 0 Å². The van der Waals surface area contributed by atoms with Crippen LogP contribution in [0.25, 0.3) is 16.8 Å². The monoisotopic (exact) mass is 335 g/mol. The van der Waals surface area contributed by atoms with Gasteiger partial charge in [-0.3, -0.25) is 4.98 Å². The SMILES string of the molecule is C/C=C/C=C(/C(=O)O)c1ccc(-c2ccc(CCCCC)cn2)cc1. The van der Waals surface area contributed by atoms with Crippen molar-refractivity contribution in [3.63, 3.8) is 0 Å². The minimum atomic E-state index is -0.930. The molecule has 2 rings (SSSR count).